The van der Waals surface area contributed by atoms with E-state index >= 15 is 0 Å². The van der Waals surface area contributed by atoms with Gasteiger partial charge in [0.2, 0.25) is 0 Å². The van der Waals surface area contributed by atoms with Gasteiger partial charge in [-0.2, -0.15) is 5.26 Å². The Kier molecular flexibility index (Phi) is 1.01. The standard InChI is InChI=1S/C6H7N.C5H6.CH4/c7-4-6-1-5(2-6)3-6;1-4-2-5(1,4)3-4;/h5H,1-3H2;1-3H2;1H4. The normalized spacial score (nSPS) is 64.1. The zero-order chi connectivity index (χ0) is 8.03. The zero-order valence-electron chi connectivity index (χ0n) is 7.27. The highest BCUT2D eigenvalue weighted by molar-refractivity contribution is 5.46. The van der Waals surface area contributed by atoms with Gasteiger partial charge in [-0.1, -0.05) is 7.43 Å². The van der Waals surface area contributed by atoms with Gasteiger partial charge in [-0.15, -0.1) is 0 Å². The highest BCUT2D eigenvalue weighted by Gasteiger charge is 2.97. The summed E-state index contributed by atoms with van der Waals surface area (Å²) in [7, 11) is 0. The largest absolute Gasteiger partial charge is 0.198 e. The second-order valence-corrected chi connectivity index (χ2v) is 5.96. The number of hydrogen-bond donors (Lipinski definition) is 0. The van der Waals surface area contributed by atoms with Crippen LogP contribution in [-0.4, -0.2) is 0 Å². The van der Waals surface area contributed by atoms with Crippen LogP contribution in [0, 0.1) is 33.5 Å². The number of nitrogens with zero attached hydrogens (tertiary/aromatic N) is 1. The van der Waals surface area contributed by atoms with Crippen molar-refractivity contribution in [2.24, 2.45) is 22.2 Å². The third-order valence-corrected chi connectivity index (χ3v) is 5.06. The van der Waals surface area contributed by atoms with E-state index in [0.717, 1.165) is 16.7 Å². The molecule has 6 fully saturated rings. The van der Waals surface area contributed by atoms with Gasteiger partial charge in [0.25, 0.3) is 0 Å². The molecule has 0 heterocycles. The van der Waals surface area contributed by atoms with E-state index in [-0.39, 0.29) is 12.8 Å². The van der Waals surface area contributed by atoms with Crippen molar-refractivity contribution < 1.29 is 0 Å². The lowest BCUT2D eigenvalue weighted by Gasteiger charge is -2.56. The molecule has 1 heteroatoms. The molecule has 0 unspecified atom stereocenters. The molecule has 13 heavy (non-hydrogen) atoms. The second kappa shape index (κ2) is 1.67. The molecule has 6 aliphatic carbocycles. The first-order valence-electron chi connectivity index (χ1n) is 5.13. The first-order chi connectivity index (χ1) is 5.72. The zero-order valence-corrected chi connectivity index (χ0v) is 7.27. The smallest absolute Gasteiger partial charge is 0.0690 e. The molecule has 0 saturated heterocycles. The van der Waals surface area contributed by atoms with E-state index in [0.29, 0.717) is 0 Å². The molecule has 0 aromatic rings. The quantitative estimate of drug-likeness (QED) is 0.555. The first kappa shape index (κ1) is 7.85. The van der Waals surface area contributed by atoms with Gasteiger partial charge in [0.15, 0.2) is 0 Å². The van der Waals surface area contributed by atoms with Gasteiger partial charge < -0.3 is 0 Å². The molecule has 1 nitrogen and oxygen atoms in total. The maximum atomic E-state index is 8.43. The molecular formula is C12H17N. The number of nitriles is 1. The van der Waals surface area contributed by atoms with E-state index in [2.05, 4.69) is 6.07 Å². The Hall–Kier alpha value is -0.510. The second-order valence-electron chi connectivity index (χ2n) is 5.96. The predicted octanol–water partition coefficient (Wildman–Crippen LogP) is 3.12. The van der Waals surface area contributed by atoms with Crippen molar-refractivity contribution in [3.63, 3.8) is 0 Å². The summed E-state index contributed by atoms with van der Waals surface area (Å²) in [5.74, 6) is 0.958. The SMILES string of the molecule is C.C1C23CC12C3.N#CC12CC(C1)C2. The summed E-state index contributed by atoms with van der Waals surface area (Å²) in [6.45, 7) is 0. The molecule has 0 aliphatic heterocycles. The van der Waals surface area contributed by atoms with Gasteiger partial charge in [0.05, 0.1) is 11.5 Å². The molecule has 0 aromatic carbocycles. The fourth-order valence-electron chi connectivity index (χ4n) is 3.27. The van der Waals surface area contributed by atoms with E-state index in [1.54, 1.807) is 19.3 Å². The van der Waals surface area contributed by atoms with Crippen molar-refractivity contribution in [1.29, 1.82) is 5.26 Å². The van der Waals surface area contributed by atoms with Crippen LogP contribution in [0.1, 0.15) is 46.0 Å². The maximum Gasteiger partial charge on any atom is 0.0690 e. The molecular weight excluding hydrogens is 158 g/mol. The summed E-state index contributed by atoms with van der Waals surface area (Å²) in [4.78, 5) is 0. The predicted molar refractivity (Wildman–Crippen MR) is 50.8 cm³/mol. The van der Waals surface area contributed by atoms with Crippen LogP contribution in [-0.2, 0) is 0 Å². The van der Waals surface area contributed by atoms with Crippen LogP contribution in [0.15, 0.2) is 0 Å². The summed E-state index contributed by atoms with van der Waals surface area (Å²) in [5.41, 5.74) is 2.34. The molecule has 6 saturated carbocycles. The summed E-state index contributed by atoms with van der Waals surface area (Å²) in [6.07, 6.45) is 8.51. The van der Waals surface area contributed by atoms with Gasteiger partial charge in [0, 0.05) is 0 Å². The van der Waals surface area contributed by atoms with Gasteiger partial charge in [0.1, 0.15) is 0 Å². The van der Waals surface area contributed by atoms with Gasteiger partial charge in [-0.3, -0.25) is 0 Å². The lowest BCUT2D eigenvalue weighted by molar-refractivity contribution is -0.0525. The Morgan fingerprint density at radius 2 is 1.38 bits per heavy atom. The minimum atomic E-state index is 0. The van der Waals surface area contributed by atoms with Crippen molar-refractivity contribution >= 4 is 0 Å². The molecule has 0 radical (unpaired) electrons. The molecule has 0 spiro atoms. The first-order valence-corrected chi connectivity index (χ1v) is 5.13. The number of rotatable bonds is 0. The summed E-state index contributed by atoms with van der Waals surface area (Å²) in [6, 6.07) is 2.34. The number of hydrogen-bond acceptors (Lipinski definition) is 1. The molecule has 0 amide bonds. The van der Waals surface area contributed by atoms with Crippen molar-refractivity contribution in [2.45, 2.75) is 46.0 Å². The monoisotopic (exact) mass is 175 g/mol. The molecule has 2 bridgehead atoms. The van der Waals surface area contributed by atoms with Crippen LogP contribution >= 0.6 is 0 Å². The molecule has 70 valence electrons. The van der Waals surface area contributed by atoms with Crippen molar-refractivity contribution in [3.05, 3.63) is 0 Å². The Bertz CT molecular complexity index is 274. The topological polar surface area (TPSA) is 23.8 Å². The Morgan fingerprint density at radius 1 is 1.00 bits per heavy atom. The Morgan fingerprint density at radius 3 is 1.38 bits per heavy atom. The fraction of sp³-hybridized carbons (Fsp3) is 0.917. The average molecular weight is 175 g/mol. The lowest BCUT2D eigenvalue weighted by atomic mass is 9.45. The van der Waals surface area contributed by atoms with Crippen LogP contribution in [0.5, 0.6) is 0 Å². The molecule has 6 rings (SSSR count). The third-order valence-electron chi connectivity index (χ3n) is 5.06. The Labute approximate surface area is 80.1 Å². The molecule has 0 atom stereocenters. The minimum absolute atomic E-state index is 0. The maximum absolute atomic E-state index is 8.43. The van der Waals surface area contributed by atoms with Gasteiger partial charge >= 0.3 is 0 Å². The highest BCUT2D eigenvalue weighted by Crippen LogP contribution is 3.06. The Balaban J connectivity index is 0.0000000828. The van der Waals surface area contributed by atoms with Crippen LogP contribution in [0.3, 0.4) is 0 Å². The molecule has 6 aliphatic rings. The highest BCUT2D eigenvalue weighted by atomic mass is 15.0. The fourth-order valence-corrected chi connectivity index (χ4v) is 3.27. The lowest BCUT2D eigenvalue weighted by Crippen LogP contribution is -2.50. The van der Waals surface area contributed by atoms with E-state index in [1.165, 1.54) is 19.3 Å². The van der Waals surface area contributed by atoms with Crippen LogP contribution < -0.4 is 0 Å². The minimum Gasteiger partial charge on any atom is -0.198 e. The van der Waals surface area contributed by atoms with E-state index < -0.39 is 0 Å². The van der Waals surface area contributed by atoms with Crippen LogP contribution in [0.2, 0.25) is 0 Å². The van der Waals surface area contributed by atoms with E-state index in [9.17, 15) is 0 Å². The summed E-state index contributed by atoms with van der Waals surface area (Å²) < 4.78 is 0. The molecule has 0 aromatic heterocycles. The van der Waals surface area contributed by atoms with Crippen molar-refractivity contribution in [2.75, 3.05) is 0 Å². The average Bonchev–Trinajstić information content (AvgIpc) is 2.34. The van der Waals surface area contributed by atoms with Gasteiger partial charge in [-0.25, -0.2) is 0 Å². The summed E-state index contributed by atoms with van der Waals surface area (Å²) in [5, 5.41) is 8.43. The summed E-state index contributed by atoms with van der Waals surface area (Å²) >= 11 is 0. The van der Waals surface area contributed by atoms with E-state index in [4.69, 9.17) is 5.26 Å². The third kappa shape index (κ3) is 0.698. The van der Waals surface area contributed by atoms with Gasteiger partial charge in [-0.05, 0) is 55.3 Å². The van der Waals surface area contributed by atoms with Crippen molar-refractivity contribution in [3.8, 4) is 6.07 Å². The van der Waals surface area contributed by atoms with Crippen LogP contribution in [0.25, 0.3) is 0 Å². The van der Waals surface area contributed by atoms with E-state index in [1.807, 2.05) is 0 Å². The van der Waals surface area contributed by atoms with Crippen LogP contribution in [0.4, 0.5) is 0 Å². The molecule has 0 N–H and O–H groups in total. The van der Waals surface area contributed by atoms with Crippen molar-refractivity contribution in [1.82, 2.24) is 0 Å².